The van der Waals surface area contributed by atoms with Crippen LogP contribution in [0, 0.1) is 0 Å². The second kappa shape index (κ2) is 3.69. The van der Waals surface area contributed by atoms with Crippen molar-refractivity contribution >= 4 is 5.69 Å². The zero-order valence-electron chi connectivity index (χ0n) is 7.97. The van der Waals surface area contributed by atoms with E-state index < -0.39 is 0 Å². The zero-order valence-corrected chi connectivity index (χ0v) is 7.97. The van der Waals surface area contributed by atoms with Crippen molar-refractivity contribution in [3.8, 4) is 5.75 Å². The van der Waals surface area contributed by atoms with Crippen molar-refractivity contribution in [1.29, 1.82) is 0 Å². The highest BCUT2D eigenvalue weighted by Gasteiger charge is 2.09. The number of benzene rings is 1. The lowest BCUT2D eigenvalue weighted by atomic mass is 10.1. The fourth-order valence-electron chi connectivity index (χ4n) is 1.67. The summed E-state index contributed by atoms with van der Waals surface area (Å²) in [4.78, 5) is 0. The SMILES string of the molecule is CCNc1ccc2c(c1)CCCO2. The van der Waals surface area contributed by atoms with Gasteiger partial charge in [-0.2, -0.15) is 0 Å². The number of rotatable bonds is 2. The van der Waals surface area contributed by atoms with Crippen molar-refractivity contribution in [2.45, 2.75) is 19.8 Å². The first-order valence-corrected chi connectivity index (χ1v) is 4.90. The minimum Gasteiger partial charge on any atom is -0.493 e. The number of aryl methyl sites for hydroxylation is 1. The van der Waals surface area contributed by atoms with Crippen LogP contribution in [0.5, 0.6) is 5.75 Å². The minimum absolute atomic E-state index is 0.869. The molecule has 0 saturated heterocycles. The molecule has 2 nitrogen and oxygen atoms in total. The van der Waals surface area contributed by atoms with Crippen molar-refractivity contribution in [2.24, 2.45) is 0 Å². The Morgan fingerprint density at radius 1 is 1.46 bits per heavy atom. The van der Waals surface area contributed by atoms with Gasteiger partial charge in [0.05, 0.1) is 6.61 Å². The maximum Gasteiger partial charge on any atom is 0.122 e. The monoisotopic (exact) mass is 177 g/mol. The van der Waals surface area contributed by atoms with E-state index in [1.165, 1.54) is 11.3 Å². The van der Waals surface area contributed by atoms with Crippen molar-refractivity contribution in [3.63, 3.8) is 0 Å². The molecule has 70 valence electrons. The molecule has 2 rings (SSSR count). The summed E-state index contributed by atoms with van der Waals surface area (Å²) >= 11 is 0. The molecule has 1 heterocycles. The van der Waals surface area contributed by atoms with E-state index in [-0.39, 0.29) is 0 Å². The molecule has 1 aliphatic heterocycles. The smallest absolute Gasteiger partial charge is 0.122 e. The van der Waals surface area contributed by atoms with E-state index >= 15 is 0 Å². The van der Waals surface area contributed by atoms with E-state index in [4.69, 9.17) is 4.74 Å². The molecule has 0 fully saturated rings. The summed E-state index contributed by atoms with van der Waals surface area (Å²) in [5, 5.41) is 3.30. The lowest BCUT2D eigenvalue weighted by molar-refractivity contribution is 0.288. The Bertz CT molecular complexity index is 296. The van der Waals surface area contributed by atoms with Crippen LogP contribution in [0.1, 0.15) is 18.9 Å². The van der Waals surface area contributed by atoms with Crippen LogP contribution in [-0.4, -0.2) is 13.2 Å². The lowest BCUT2D eigenvalue weighted by Gasteiger charge is -2.17. The Morgan fingerprint density at radius 2 is 2.38 bits per heavy atom. The number of hydrogen-bond acceptors (Lipinski definition) is 2. The molecule has 1 aromatic rings. The third-order valence-corrected chi connectivity index (χ3v) is 2.29. The average Bonchev–Trinajstić information content (AvgIpc) is 2.18. The highest BCUT2D eigenvalue weighted by Crippen LogP contribution is 2.27. The summed E-state index contributed by atoms with van der Waals surface area (Å²) in [5.41, 5.74) is 2.54. The Kier molecular flexibility index (Phi) is 2.39. The Labute approximate surface area is 78.9 Å². The molecule has 0 unspecified atom stereocenters. The molecule has 1 aliphatic rings. The molecule has 0 amide bonds. The first kappa shape index (κ1) is 8.42. The molecule has 0 spiro atoms. The van der Waals surface area contributed by atoms with E-state index in [1.807, 2.05) is 0 Å². The minimum atomic E-state index is 0.869. The average molecular weight is 177 g/mol. The topological polar surface area (TPSA) is 21.3 Å². The van der Waals surface area contributed by atoms with Gasteiger partial charge in [-0.15, -0.1) is 0 Å². The molecule has 0 atom stereocenters. The summed E-state index contributed by atoms with van der Waals surface area (Å²) in [6.45, 7) is 3.95. The fraction of sp³-hybridized carbons (Fsp3) is 0.455. The van der Waals surface area contributed by atoms with Gasteiger partial charge in [-0.05, 0) is 43.5 Å². The Morgan fingerprint density at radius 3 is 3.23 bits per heavy atom. The van der Waals surface area contributed by atoms with Gasteiger partial charge in [0.15, 0.2) is 0 Å². The van der Waals surface area contributed by atoms with E-state index in [9.17, 15) is 0 Å². The summed E-state index contributed by atoms with van der Waals surface area (Å²) in [5.74, 6) is 1.06. The summed E-state index contributed by atoms with van der Waals surface area (Å²) in [6, 6.07) is 6.33. The van der Waals surface area contributed by atoms with Gasteiger partial charge in [0.2, 0.25) is 0 Å². The zero-order chi connectivity index (χ0) is 9.10. The first-order chi connectivity index (χ1) is 6.40. The molecule has 0 radical (unpaired) electrons. The van der Waals surface area contributed by atoms with Gasteiger partial charge in [0.25, 0.3) is 0 Å². The molecule has 13 heavy (non-hydrogen) atoms. The quantitative estimate of drug-likeness (QED) is 0.749. The van der Waals surface area contributed by atoms with Gasteiger partial charge in [0.1, 0.15) is 5.75 Å². The van der Waals surface area contributed by atoms with Crippen LogP contribution in [-0.2, 0) is 6.42 Å². The third kappa shape index (κ3) is 1.77. The van der Waals surface area contributed by atoms with Gasteiger partial charge in [-0.3, -0.25) is 0 Å². The summed E-state index contributed by atoms with van der Waals surface area (Å²) in [6.07, 6.45) is 2.29. The number of hydrogen-bond donors (Lipinski definition) is 1. The maximum atomic E-state index is 5.53. The third-order valence-electron chi connectivity index (χ3n) is 2.29. The van der Waals surface area contributed by atoms with Gasteiger partial charge in [-0.1, -0.05) is 0 Å². The number of fused-ring (bicyclic) bond motifs is 1. The van der Waals surface area contributed by atoms with Crippen molar-refractivity contribution < 1.29 is 4.74 Å². The van der Waals surface area contributed by atoms with Gasteiger partial charge in [-0.25, -0.2) is 0 Å². The van der Waals surface area contributed by atoms with Crippen LogP contribution < -0.4 is 10.1 Å². The van der Waals surface area contributed by atoms with Gasteiger partial charge in [0, 0.05) is 12.2 Å². The van der Waals surface area contributed by atoms with Crippen molar-refractivity contribution in [1.82, 2.24) is 0 Å². The standard InChI is InChI=1S/C11H15NO/c1-2-12-10-5-6-11-9(8-10)4-3-7-13-11/h5-6,8,12H,2-4,7H2,1H3. The predicted molar refractivity (Wildman–Crippen MR) is 54.4 cm³/mol. The number of ether oxygens (including phenoxy) is 1. The molecule has 0 aliphatic carbocycles. The molecular formula is C11H15NO. The van der Waals surface area contributed by atoms with Crippen LogP contribution in [0.25, 0.3) is 0 Å². The van der Waals surface area contributed by atoms with Crippen LogP contribution in [0.15, 0.2) is 18.2 Å². The normalized spacial score (nSPS) is 14.5. The fourth-order valence-corrected chi connectivity index (χ4v) is 1.67. The lowest BCUT2D eigenvalue weighted by Crippen LogP contribution is -2.08. The van der Waals surface area contributed by atoms with E-state index in [0.717, 1.165) is 31.7 Å². The van der Waals surface area contributed by atoms with E-state index in [1.54, 1.807) is 0 Å². The molecule has 0 bridgehead atoms. The molecule has 1 aromatic carbocycles. The number of anilines is 1. The Balaban J connectivity index is 2.24. The highest BCUT2D eigenvalue weighted by molar-refractivity contribution is 5.51. The molecule has 2 heteroatoms. The molecule has 0 saturated carbocycles. The second-order valence-electron chi connectivity index (χ2n) is 3.30. The summed E-state index contributed by atoms with van der Waals surface area (Å²) in [7, 11) is 0. The van der Waals surface area contributed by atoms with Crippen molar-refractivity contribution in [2.75, 3.05) is 18.5 Å². The summed E-state index contributed by atoms with van der Waals surface area (Å²) < 4.78 is 5.53. The van der Waals surface area contributed by atoms with Crippen LogP contribution in [0.3, 0.4) is 0 Å². The van der Waals surface area contributed by atoms with E-state index in [0.29, 0.717) is 0 Å². The van der Waals surface area contributed by atoms with Crippen molar-refractivity contribution in [3.05, 3.63) is 23.8 Å². The molecular weight excluding hydrogens is 162 g/mol. The van der Waals surface area contributed by atoms with E-state index in [2.05, 4.69) is 30.4 Å². The largest absolute Gasteiger partial charge is 0.493 e. The highest BCUT2D eigenvalue weighted by atomic mass is 16.5. The van der Waals surface area contributed by atoms with Gasteiger partial charge >= 0.3 is 0 Å². The van der Waals surface area contributed by atoms with Crippen LogP contribution >= 0.6 is 0 Å². The van der Waals surface area contributed by atoms with Crippen LogP contribution in [0.2, 0.25) is 0 Å². The maximum absolute atomic E-state index is 5.53. The molecule has 0 aromatic heterocycles. The number of nitrogens with one attached hydrogen (secondary N) is 1. The van der Waals surface area contributed by atoms with Gasteiger partial charge < -0.3 is 10.1 Å². The van der Waals surface area contributed by atoms with Crippen LogP contribution in [0.4, 0.5) is 5.69 Å². The molecule has 1 N–H and O–H groups in total. The first-order valence-electron chi connectivity index (χ1n) is 4.90. The second-order valence-corrected chi connectivity index (χ2v) is 3.30. The Hall–Kier alpha value is -1.18. The predicted octanol–water partition coefficient (Wildman–Crippen LogP) is 2.44.